The smallest absolute Gasteiger partial charge is 0.0728 e. The third kappa shape index (κ3) is 4.04. The Morgan fingerprint density at radius 2 is 2.19 bits per heavy atom. The van der Waals surface area contributed by atoms with Crippen molar-refractivity contribution < 1.29 is 9.47 Å². The molecule has 0 saturated carbocycles. The van der Waals surface area contributed by atoms with Gasteiger partial charge >= 0.3 is 0 Å². The van der Waals surface area contributed by atoms with Gasteiger partial charge in [0.1, 0.15) is 0 Å². The average Bonchev–Trinajstić information content (AvgIpc) is 2.81. The summed E-state index contributed by atoms with van der Waals surface area (Å²) in [5.41, 5.74) is 0. The van der Waals surface area contributed by atoms with Crippen molar-refractivity contribution in [1.82, 2.24) is 5.32 Å². The summed E-state index contributed by atoms with van der Waals surface area (Å²) in [6, 6.07) is 0.465. The first kappa shape index (κ1) is 13.9. The standard InChI is InChI=1S/C13H27NO2/c1-4-8-14-13(11-7-9-15-10-11)12(5-2)16-6-3/h11-14H,4-10H2,1-3H3. The molecule has 3 atom stereocenters. The van der Waals surface area contributed by atoms with Crippen LogP contribution in [0.25, 0.3) is 0 Å². The van der Waals surface area contributed by atoms with Crippen molar-refractivity contribution in [3.8, 4) is 0 Å². The Kier molecular flexibility index (Phi) is 7.01. The summed E-state index contributed by atoms with van der Waals surface area (Å²) in [7, 11) is 0. The van der Waals surface area contributed by atoms with Crippen LogP contribution in [0.15, 0.2) is 0 Å². The molecule has 0 aromatic carbocycles. The third-order valence-corrected chi connectivity index (χ3v) is 3.29. The molecular weight excluding hydrogens is 202 g/mol. The SMILES string of the molecule is CCCNC(C1CCOC1)C(CC)OCC. The van der Waals surface area contributed by atoms with E-state index in [0.717, 1.165) is 32.8 Å². The van der Waals surface area contributed by atoms with Gasteiger partial charge in [0.05, 0.1) is 12.7 Å². The van der Waals surface area contributed by atoms with Gasteiger partial charge in [-0.15, -0.1) is 0 Å². The molecule has 3 heteroatoms. The summed E-state index contributed by atoms with van der Waals surface area (Å²) in [4.78, 5) is 0. The molecule has 1 heterocycles. The molecule has 1 N–H and O–H groups in total. The topological polar surface area (TPSA) is 30.5 Å². The fourth-order valence-electron chi connectivity index (χ4n) is 2.44. The Hall–Kier alpha value is -0.120. The van der Waals surface area contributed by atoms with E-state index in [9.17, 15) is 0 Å². The van der Waals surface area contributed by atoms with E-state index in [1.54, 1.807) is 0 Å². The van der Waals surface area contributed by atoms with Crippen molar-refractivity contribution in [3.05, 3.63) is 0 Å². The molecular formula is C13H27NO2. The van der Waals surface area contributed by atoms with E-state index >= 15 is 0 Å². The lowest BCUT2D eigenvalue weighted by atomic mass is 9.92. The second kappa shape index (κ2) is 8.04. The molecule has 1 aliphatic rings. The van der Waals surface area contributed by atoms with Gasteiger partial charge < -0.3 is 14.8 Å². The lowest BCUT2D eigenvalue weighted by Crippen LogP contribution is -2.47. The van der Waals surface area contributed by atoms with E-state index in [1.807, 2.05) is 0 Å². The predicted octanol–water partition coefficient (Wildman–Crippen LogP) is 2.21. The van der Waals surface area contributed by atoms with Gasteiger partial charge in [0, 0.05) is 25.2 Å². The van der Waals surface area contributed by atoms with Crippen LogP contribution in [0.1, 0.15) is 40.0 Å². The maximum Gasteiger partial charge on any atom is 0.0728 e. The zero-order chi connectivity index (χ0) is 11.8. The molecule has 1 fully saturated rings. The van der Waals surface area contributed by atoms with Crippen LogP contribution in [0, 0.1) is 5.92 Å². The van der Waals surface area contributed by atoms with Crippen molar-refractivity contribution in [2.75, 3.05) is 26.4 Å². The zero-order valence-electron chi connectivity index (χ0n) is 11.0. The van der Waals surface area contributed by atoms with Gasteiger partial charge in [0.15, 0.2) is 0 Å². The lowest BCUT2D eigenvalue weighted by Gasteiger charge is -2.31. The number of hydrogen-bond donors (Lipinski definition) is 1. The van der Waals surface area contributed by atoms with Gasteiger partial charge in [-0.3, -0.25) is 0 Å². The van der Waals surface area contributed by atoms with Gasteiger partial charge in [-0.05, 0) is 32.7 Å². The second-order valence-electron chi connectivity index (χ2n) is 4.51. The number of nitrogens with one attached hydrogen (secondary N) is 1. The molecule has 3 unspecified atom stereocenters. The summed E-state index contributed by atoms with van der Waals surface area (Å²) in [6.45, 7) is 10.2. The van der Waals surface area contributed by atoms with Crippen LogP contribution in [0.4, 0.5) is 0 Å². The maximum atomic E-state index is 5.84. The molecule has 0 aromatic heterocycles. The molecule has 0 aromatic rings. The van der Waals surface area contributed by atoms with Crippen LogP contribution in [-0.4, -0.2) is 38.5 Å². The van der Waals surface area contributed by atoms with Gasteiger partial charge in [-0.1, -0.05) is 13.8 Å². The molecule has 1 rings (SSSR count). The summed E-state index contributed by atoms with van der Waals surface area (Å²) < 4.78 is 11.3. The minimum absolute atomic E-state index is 0.336. The van der Waals surface area contributed by atoms with Crippen molar-refractivity contribution in [3.63, 3.8) is 0 Å². The van der Waals surface area contributed by atoms with Crippen LogP contribution >= 0.6 is 0 Å². The van der Waals surface area contributed by atoms with E-state index in [0.29, 0.717) is 18.1 Å². The molecule has 0 amide bonds. The molecule has 0 aliphatic carbocycles. The first-order valence-electron chi connectivity index (χ1n) is 6.76. The highest BCUT2D eigenvalue weighted by molar-refractivity contribution is 4.85. The Labute approximate surface area is 99.9 Å². The monoisotopic (exact) mass is 229 g/mol. The minimum atomic E-state index is 0.336. The van der Waals surface area contributed by atoms with Crippen molar-refractivity contribution in [2.24, 2.45) is 5.92 Å². The van der Waals surface area contributed by atoms with Crippen LogP contribution < -0.4 is 5.32 Å². The van der Waals surface area contributed by atoms with Crippen LogP contribution in [0.5, 0.6) is 0 Å². The molecule has 96 valence electrons. The molecule has 0 spiro atoms. The summed E-state index contributed by atoms with van der Waals surface area (Å²) in [5.74, 6) is 0.628. The van der Waals surface area contributed by atoms with E-state index in [1.165, 1.54) is 12.8 Å². The summed E-state index contributed by atoms with van der Waals surface area (Å²) >= 11 is 0. The van der Waals surface area contributed by atoms with Gasteiger partial charge in [0.25, 0.3) is 0 Å². The molecule has 3 nitrogen and oxygen atoms in total. The molecule has 1 saturated heterocycles. The van der Waals surface area contributed by atoms with Crippen molar-refractivity contribution in [2.45, 2.75) is 52.2 Å². The largest absolute Gasteiger partial charge is 0.381 e. The summed E-state index contributed by atoms with van der Waals surface area (Å²) in [5, 5.41) is 3.64. The van der Waals surface area contributed by atoms with E-state index in [-0.39, 0.29) is 0 Å². The summed E-state index contributed by atoms with van der Waals surface area (Å²) in [6.07, 6.45) is 3.76. The van der Waals surface area contributed by atoms with Crippen LogP contribution in [0.3, 0.4) is 0 Å². The van der Waals surface area contributed by atoms with Gasteiger partial charge in [-0.2, -0.15) is 0 Å². The normalized spacial score (nSPS) is 24.6. The van der Waals surface area contributed by atoms with Gasteiger partial charge in [0.2, 0.25) is 0 Å². The van der Waals surface area contributed by atoms with E-state index < -0.39 is 0 Å². The van der Waals surface area contributed by atoms with Crippen molar-refractivity contribution >= 4 is 0 Å². The first-order chi connectivity index (χ1) is 7.83. The van der Waals surface area contributed by atoms with Crippen molar-refractivity contribution in [1.29, 1.82) is 0 Å². The molecule has 0 bridgehead atoms. The van der Waals surface area contributed by atoms with E-state index in [4.69, 9.17) is 9.47 Å². The highest BCUT2D eigenvalue weighted by Crippen LogP contribution is 2.22. The molecule has 16 heavy (non-hydrogen) atoms. The predicted molar refractivity (Wildman–Crippen MR) is 66.7 cm³/mol. The zero-order valence-corrected chi connectivity index (χ0v) is 11.0. The second-order valence-corrected chi connectivity index (χ2v) is 4.51. The average molecular weight is 229 g/mol. The highest BCUT2D eigenvalue weighted by Gasteiger charge is 2.31. The van der Waals surface area contributed by atoms with Crippen LogP contribution in [-0.2, 0) is 9.47 Å². The van der Waals surface area contributed by atoms with Crippen LogP contribution in [0.2, 0.25) is 0 Å². The third-order valence-electron chi connectivity index (χ3n) is 3.29. The quantitative estimate of drug-likeness (QED) is 0.692. The number of ether oxygens (including phenoxy) is 2. The Balaban J connectivity index is 2.52. The van der Waals surface area contributed by atoms with Gasteiger partial charge in [-0.25, -0.2) is 0 Å². The molecule has 0 radical (unpaired) electrons. The lowest BCUT2D eigenvalue weighted by molar-refractivity contribution is 0.0132. The molecule has 1 aliphatic heterocycles. The highest BCUT2D eigenvalue weighted by atomic mass is 16.5. The Morgan fingerprint density at radius 3 is 2.69 bits per heavy atom. The number of hydrogen-bond acceptors (Lipinski definition) is 3. The van der Waals surface area contributed by atoms with E-state index in [2.05, 4.69) is 26.1 Å². The minimum Gasteiger partial charge on any atom is -0.381 e. The first-order valence-corrected chi connectivity index (χ1v) is 6.76. The Morgan fingerprint density at radius 1 is 1.38 bits per heavy atom. The Bertz CT molecular complexity index is 169. The number of rotatable bonds is 8. The fourth-order valence-corrected chi connectivity index (χ4v) is 2.44. The maximum absolute atomic E-state index is 5.84. The fraction of sp³-hybridized carbons (Fsp3) is 1.00.